The highest BCUT2D eigenvalue weighted by atomic mass is 16.3. The van der Waals surface area contributed by atoms with Crippen molar-refractivity contribution in [2.24, 2.45) is 5.41 Å². The van der Waals surface area contributed by atoms with Gasteiger partial charge in [-0.1, -0.05) is 6.07 Å². The molecule has 1 aromatic carbocycles. The first-order valence-corrected chi connectivity index (χ1v) is 5.65. The summed E-state index contributed by atoms with van der Waals surface area (Å²) in [6.45, 7) is 2.35. The van der Waals surface area contributed by atoms with Gasteiger partial charge >= 0.3 is 0 Å². The summed E-state index contributed by atoms with van der Waals surface area (Å²) < 4.78 is 0. The molecule has 4 heteroatoms. The van der Waals surface area contributed by atoms with Gasteiger partial charge in [0.1, 0.15) is 11.2 Å². The fourth-order valence-corrected chi connectivity index (χ4v) is 1.86. The highest BCUT2D eigenvalue weighted by Crippen LogP contribution is 2.47. The average Bonchev–Trinajstić information content (AvgIpc) is 3.11. The van der Waals surface area contributed by atoms with Crippen molar-refractivity contribution in [3.63, 3.8) is 0 Å². The van der Waals surface area contributed by atoms with E-state index in [-0.39, 0.29) is 11.7 Å². The number of carbonyl (C=O) groups excluding carboxylic acids is 1. The zero-order valence-electron chi connectivity index (χ0n) is 9.68. The SMILES string of the molecule is CCN(C(=O)C1(C#N)CC1)c1cccc(O)c1. The zero-order chi connectivity index (χ0) is 12.5. The van der Waals surface area contributed by atoms with Crippen molar-refractivity contribution in [2.75, 3.05) is 11.4 Å². The van der Waals surface area contributed by atoms with E-state index in [4.69, 9.17) is 5.26 Å². The van der Waals surface area contributed by atoms with Gasteiger partial charge < -0.3 is 10.0 Å². The number of nitrogens with zero attached hydrogens (tertiary/aromatic N) is 2. The Morgan fingerprint density at radius 1 is 1.59 bits per heavy atom. The molecule has 1 aromatic rings. The van der Waals surface area contributed by atoms with E-state index >= 15 is 0 Å². The van der Waals surface area contributed by atoms with Crippen LogP contribution in [0, 0.1) is 16.7 Å². The van der Waals surface area contributed by atoms with Crippen LogP contribution in [0.2, 0.25) is 0 Å². The molecule has 1 aliphatic carbocycles. The lowest BCUT2D eigenvalue weighted by molar-refractivity contribution is -0.121. The molecule has 0 atom stereocenters. The summed E-state index contributed by atoms with van der Waals surface area (Å²) in [5.41, 5.74) is -0.180. The predicted octanol–water partition coefficient (Wildman–Crippen LogP) is 2.05. The van der Waals surface area contributed by atoms with Gasteiger partial charge in [-0.3, -0.25) is 4.79 Å². The highest BCUT2D eigenvalue weighted by molar-refractivity contribution is 6.01. The van der Waals surface area contributed by atoms with Gasteiger partial charge in [0.2, 0.25) is 5.91 Å². The van der Waals surface area contributed by atoms with E-state index in [1.807, 2.05) is 6.92 Å². The standard InChI is InChI=1S/C13H14N2O2/c1-2-15(10-4-3-5-11(16)8-10)12(17)13(9-14)6-7-13/h3-5,8,16H,2,6-7H2,1H3. The maximum absolute atomic E-state index is 12.2. The van der Waals surface area contributed by atoms with Crippen LogP contribution >= 0.6 is 0 Å². The molecule has 1 N–H and O–H groups in total. The van der Waals surface area contributed by atoms with E-state index < -0.39 is 5.41 Å². The lowest BCUT2D eigenvalue weighted by atomic mass is 10.1. The molecule has 17 heavy (non-hydrogen) atoms. The molecule has 1 fully saturated rings. The van der Waals surface area contributed by atoms with Gasteiger partial charge in [-0.25, -0.2) is 0 Å². The lowest BCUT2D eigenvalue weighted by Gasteiger charge is -2.23. The molecule has 1 aliphatic rings. The topological polar surface area (TPSA) is 64.3 Å². The van der Waals surface area contributed by atoms with Gasteiger partial charge in [-0.15, -0.1) is 0 Å². The van der Waals surface area contributed by atoms with E-state index in [1.165, 1.54) is 6.07 Å². The first-order chi connectivity index (χ1) is 8.13. The van der Waals surface area contributed by atoms with Gasteiger partial charge in [-0.2, -0.15) is 5.26 Å². The third-order valence-electron chi connectivity index (χ3n) is 3.08. The molecule has 1 amide bonds. The monoisotopic (exact) mass is 230 g/mol. The summed E-state index contributed by atoms with van der Waals surface area (Å²) in [5.74, 6) is -0.0383. The van der Waals surface area contributed by atoms with Crippen molar-refractivity contribution in [1.29, 1.82) is 5.26 Å². The zero-order valence-corrected chi connectivity index (χ0v) is 9.68. The summed E-state index contributed by atoms with van der Waals surface area (Å²) in [6, 6.07) is 8.63. The maximum Gasteiger partial charge on any atom is 0.247 e. The summed E-state index contributed by atoms with van der Waals surface area (Å²) in [7, 11) is 0. The van der Waals surface area contributed by atoms with Crippen LogP contribution in [0.25, 0.3) is 0 Å². The third kappa shape index (κ3) is 1.96. The van der Waals surface area contributed by atoms with Gasteiger partial charge in [0.25, 0.3) is 0 Å². The Labute approximate surface area is 100 Å². The number of anilines is 1. The van der Waals surface area contributed by atoms with Crippen LogP contribution in [0.4, 0.5) is 5.69 Å². The largest absolute Gasteiger partial charge is 0.508 e. The van der Waals surface area contributed by atoms with Gasteiger partial charge in [0.15, 0.2) is 0 Å². The number of hydrogen-bond acceptors (Lipinski definition) is 3. The van der Waals surface area contributed by atoms with Crippen LogP contribution in [-0.2, 0) is 4.79 Å². The van der Waals surface area contributed by atoms with Crippen molar-refractivity contribution < 1.29 is 9.90 Å². The van der Waals surface area contributed by atoms with Crippen LogP contribution in [0.15, 0.2) is 24.3 Å². The van der Waals surface area contributed by atoms with Gasteiger partial charge in [-0.05, 0) is 31.9 Å². The number of rotatable bonds is 3. The molecule has 4 nitrogen and oxygen atoms in total. The smallest absolute Gasteiger partial charge is 0.247 e. The molecule has 0 aliphatic heterocycles. The second-order valence-electron chi connectivity index (χ2n) is 4.26. The van der Waals surface area contributed by atoms with Crippen LogP contribution < -0.4 is 4.90 Å². The van der Waals surface area contributed by atoms with Crippen LogP contribution in [-0.4, -0.2) is 17.6 Å². The molecular formula is C13H14N2O2. The molecule has 0 unspecified atom stereocenters. The first-order valence-electron chi connectivity index (χ1n) is 5.65. The van der Waals surface area contributed by atoms with Crippen LogP contribution in [0.3, 0.4) is 0 Å². The lowest BCUT2D eigenvalue weighted by Crippen LogP contribution is -2.36. The van der Waals surface area contributed by atoms with Gasteiger partial charge in [0, 0.05) is 18.3 Å². The van der Waals surface area contributed by atoms with Crippen molar-refractivity contribution in [3.8, 4) is 11.8 Å². The first kappa shape index (κ1) is 11.5. The Morgan fingerprint density at radius 3 is 2.76 bits per heavy atom. The minimum absolute atomic E-state index is 0.121. The molecule has 0 bridgehead atoms. The number of aromatic hydroxyl groups is 1. The second-order valence-corrected chi connectivity index (χ2v) is 4.26. The normalized spacial score (nSPS) is 16.0. The highest BCUT2D eigenvalue weighted by Gasteiger charge is 2.52. The fourth-order valence-electron chi connectivity index (χ4n) is 1.86. The van der Waals surface area contributed by atoms with E-state index in [1.54, 1.807) is 23.1 Å². The van der Waals surface area contributed by atoms with Crippen molar-refractivity contribution in [3.05, 3.63) is 24.3 Å². The summed E-state index contributed by atoms with van der Waals surface area (Å²) in [6.07, 6.45) is 1.27. The van der Waals surface area contributed by atoms with Crippen molar-refractivity contribution >= 4 is 11.6 Å². The van der Waals surface area contributed by atoms with E-state index in [9.17, 15) is 9.90 Å². The quantitative estimate of drug-likeness (QED) is 0.864. The molecule has 2 rings (SSSR count). The van der Waals surface area contributed by atoms with Gasteiger partial charge in [0.05, 0.1) is 6.07 Å². The Bertz CT molecular complexity index is 486. The van der Waals surface area contributed by atoms with Crippen LogP contribution in [0.1, 0.15) is 19.8 Å². The van der Waals surface area contributed by atoms with Crippen LogP contribution in [0.5, 0.6) is 5.75 Å². The summed E-state index contributed by atoms with van der Waals surface area (Å²) in [4.78, 5) is 13.8. The Kier molecular flexibility index (Phi) is 2.76. The number of nitriles is 1. The second kappa shape index (κ2) is 4.10. The maximum atomic E-state index is 12.2. The molecule has 88 valence electrons. The number of carbonyl (C=O) groups is 1. The fraction of sp³-hybridized carbons (Fsp3) is 0.385. The molecule has 0 radical (unpaired) electrons. The van der Waals surface area contributed by atoms with Crippen molar-refractivity contribution in [2.45, 2.75) is 19.8 Å². The Hall–Kier alpha value is -2.02. The van der Waals surface area contributed by atoms with E-state index in [2.05, 4.69) is 6.07 Å². The average molecular weight is 230 g/mol. The molecule has 0 heterocycles. The third-order valence-corrected chi connectivity index (χ3v) is 3.08. The van der Waals surface area contributed by atoms with E-state index in [0.29, 0.717) is 25.1 Å². The number of benzene rings is 1. The molecule has 0 saturated heterocycles. The Balaban J connectivity index is 2.29. The minimum atomic E-state index is -0.818. The number of hydrogen-bond donors (Lipinski definition) is 1. The molecule has 0 aromatic heterocycles. The molecule has 1 saturated carbocycles. The predicted molar refractivity (Wildman–Crippen MR) is 63.4 cm³/mol. The number of phenols is 1. The molecular weight excluding hydrogens is 216 g/mol. The molecule has 0 spiro atoms. The summed E-state index contributed by atoms with van der Waals surface area (Å²) in [5, 5.41) is 18.4. The minimum Gasteiger partial charge on any atom is -0.508 e. The number of phenolic OH excluding ortho intramolecular Hbond substituents is 1. The summed E-state index contributed by atoms with van der Waals surface area (Å²) >= 11 is 0. The Morgan fingerprint density at radius 2 is 2.29 bits per heavy atom. The van der Waals surface area contributed by atoms with E-state index in [0.717, 1.165) is 0 Å². The number of amides is 1. The van der Waals surface area contributed by atoms with Crippen molar-refractivity contribution in [1.82, 2.24) is 0 Å².